The number of benzene rings is 1. The minimum absolute atomic E-state index is 0.107. The van der Waals surface area contributed by atoms with Crippen molar-refractivity contribution in [2.45, 2.75) is 38.8 Å². The number of aliphatic imine (C=N–C) groups is 1. The van der Waals surface area contributed by atoms with Gasteiger partial charge in [0.2, 0.25) is 0 Å². The van der Waals surface area contributed by atoms with Crippen molar-refractivity contribution in [2.75, 3.05) is 19.8 Å². The van der Waals surface area contributed by atoms with Crippen LogP contribution in [-0.2, 0) is 0 Å². The Morgan fingerprint density at radius 2 is 2.12 bits per heavy atom. The zero-order valence-electron chi connectivity index (χ0n) is 18.8. The molecule has 7 nitrogen and oxygen atoms in total. The Hall–Kier alpha value is -3.39. The average Bonchev–Trinajstić information content (AvgIpc) is 3.09. The molecule has 0 fully saturated rings. The summed E-state index contributed by atoms with van der Waals surface area (Å²) >= 11 is 0. The first-order valence-electron chi connectivity index (χ1n) is 10.7. The number of allylic oxidation sites excluding steroid dienone is 1. The quantitative estimate of drug-likeness (QED) is 0.621. The van der Waals surface area contributed by atoms with E-state index in [1.54, 1.807) is 25.5 Å². The summed E-state index contributed by atoms with van der Waals surface area (Å²) in [5.41, 5.74) is 22.2. The zero-order valence-corrected chi connectivity index (χ0v) is 18.8. The van der Waals surface area contributed by atoms with Gasteiger partial charge >= 0.3 is 0 Å². The Bertz CT molecular complexity index is 1140. The lowest BCUT2D eigenvalue weighted by molar-refractivity contribution is 0.226. The highest BCUT2D eigenvalue weighted by atomic mass is 19.1. The van der Waals surface area contributed by atoms with Gasteiger partial charge in [0.25, 0.3) is 0 Å². The fraction of sp³-hybridized carbons (Fsp3) is 0.333. The lowest BCUT2D eigenvalue weighted by atomic mass is 9.92. The number of anilines is 1. The molecule has 5 N–H and O–H groups in total. The first-order valence-corrected chi connectivity index (χ1v) is 10.7. The first kappa shape index (κ1) is 21.8. The molecule has 32 heavy (non-hydrogen) atoms. The lowest BCUT2D eigenvalue weighted by Crippen LogP contribution is -2.34. The number of ether oxygens (including phenoxy) is 1. The van der Waals surface area contributed by atoms with Crippen LogP contribution in [0.5, 0.6) is 5.75 Å². The van der Waals surface area contributed by atoms with E-state index in [1.807, 2.05) is 25.0 Å². The summed E-state index contributed by atoms with van der Waals surface area (Å²) in [5.74, 6) is 0.382. The van der Waals surface area contributed by atoms with Gasteiger partial charge in [-0.3, -0.25) is 4.99 Å². The molecule has 2 bridgehead atoms. The highest BCUT2D eigenvalue weighted by molar-refractivity contribution is 5.92. The van der Waals surface area contributed by atoms with Gasteiger partial charge in [-0.15, -0.1) is 0 Å². The number of nitrogens with one attached hydrogen (secondary N) is 1. The predicted octanol–water partition coefficient (Wildman–Crippen LogP) is 3.66. The van der Waals surface area contributed by atoms with E-state index in [4.69, 9.17) is 16.2 Å². The number of pyridine rings is 1. The van der Waals surface area contributed by atoms with Gasteiger partial charge in [0.15, 0.2) is 11.6 Å². The number of nitrogen functional groups attached to an aromatic ring is 1. The van der Waals surface area contributed by atoms with Crippen molar-refractivity contribution in [2.24, 2.45) is 10.7 Å². The second-order valence-electron chi connectivity index (χ2n) is 8.11. The van der Waals surface area contributed by atoms with Crippen molar-refractivity contribution < 1.29 is 9.13 Å². The van der Waals surface area contributed by atoms with Crippen molar-refractivity contribution in [1.82, 2.24) is 15.4 Å². The molecular formula is C24H29FN6O. The molecule has 1 aromatic carbocycles. The van der Waals surface area contributed by atoms with E-state index in [9.17, 15) is 4.39 Å². The molecule has 2 atom stereocenters. The number of nitrogens with zero attached hydrogens (tertiary/aromatic N) is 3. The number of fused-ring (bicyclic) bond motifs is 4. The average molecular weight is 437 g/mol. The maximum absolute atomic E-state index is 14.2. The van der Waals surface area contributed by atoms with Gasteiger partial charge in [-0.2, -0.15) is 0 Å². The molecule has 3 heterocycles. The van der Waals surface area contributed by atoms with Crippen LogP contribution in [0.4, 0.5) is 10.2 Å². The molecule has 1 unspecified atom stereocenters. The Labute approximate surface area is 187 Å². The van der Waals surface area contributed by atoms with Gasteiger partial charge in [-0.05, 0) is 43.2 Å². The van der Waals surface area contributed by atoms with Gasteiger partial charge < -0.3 is 21.2 Å². The summed E-state index contributed by atoms with van der Waals surface area (Å²) < 4.78 is 20.4. The van der Waals surface area contributed by atoms with Gasteiger partial charge in [0.05, 0.1) is 6.04 Å². The Morgan fingerprint density at radius 3 is 2.84 bits per heavy atom. The van der Waals surface area contributed by atoms with Gasteiger partial charge in [-0.25, -0.2) is 14.8 Å². The van der Waals surface area contributed by atoms with Crippen LogP contribution in [0.2, 0.25) is 0 Å². The van der Waals surface area contributed by atoms with E-state index in [0.717, 1.165) is 28.8 Å². The molecule has 2 aromatic rings. The fourth-order valence-electron chi connectivity index (χ4n) is 4.42. The maximum atomic E-state index is 14.2. The van der Waals surface area contributed by atoms with E-state index in [1.165, 1.54) is 12.1 Å². The Morgan fingerprint density at radius 1 is 1.34 bits per heavy atom. The second kappa shape index (κ2) is 8.63. The third-order valence-corrected chi connectivity index (χ3v) is 6.05. The zero-order chi connectivity index (χ0) is 23.0. The van der Waals surface area contributed by atoms with Crippen LogP contribution in [-0.4, -0.2) is 36.3 Å². The van der Waals surface area contributed by atoms with E-state index < -0.39 is 6.10 Å². The molecule has 0 radical (unpaired) electrons. The number of rotatable bonds is 2. The summed E-state index contributed by atoms with van der Waals surface area (Å²) in [7, 11) is 3.70. The molecule has 0 aliphatic carbocycles. The third-order valence-electron chi connectivity index (χ3n) is 6.05. The smallest absolute Gasteiger partial charge is 0.166 e. The van der Waals surface area contributed by atoms with Crippen molar-refractivity contribution in [1.29, 1.82) is 0 Å². The van der Waals surface area contributed by atoms with Crippen molar-refractivity contribution in [3.8, 4) is 5.75 Å². The van der Waals surface area contributed by atoms with E-state index in [0.29, 0.717) is 29.0 Å². The van der Waals surface area contributed by atoms with Gasteiger partial charge in [0.1, 0.15) is 11.9 Å². The molecule has 0 amide bonds. The SMILES string of the molecule is CCC1NN(C)C2=C1c1cnc(N)c(c1)O[C@H](C)c1cc(F)ccc1C(N)=C(C=NC)C2. The summed E-state index contributed by atoms with van der Waals surface area (Å²) in [6, 6.07) is 6.57. The first-order chi connectivity index (χ1) is 15.3. The van der Waals surface area contributed by atoms with Crippen LogP contribution >= 0.6 is 0 Å². The summed E-state index contributed by atoms with van der Waals surface area (Å²) in [6.45, 7) is 3.98. The molecular weight excluding hydrogens is 407 g/mol. The number of nitrogens with two attached hydrogens (primary N) is 2. The number of hydrazine groups is 1. The molecule has 168 valence electrons. The minimum Gasteiger partial charge on any atom is -0.482 e. The fourth-order valence-corrected chi connectivity index (χ4v) is 4.42. The van der Waals surface area contributed by atoms with E-state index >= 15 is 0 Å². The van der Waals surface area contributed by atoms with Crippen LogP contribution in [0.15, 0.2) is 46.7 Å². The van der Waals surface area contributed by atoms with E-state index in [2.05, 4.69) is 22.3 Å². The minimum atomic E-state index is -0.502. The number of aromatic nitrogens is 1. The van der Waals surface area contributed by atoms with Crippen LogP contribution in [0.3, 0.4) is 0 Å². The highest BCUT2D eigenvalue weighted by Gasteiger charge is 2.31. The van der Waals surface area contributed by atoms with E-state index in [-0.39, 0.29) is 17.7 Å². The number of hydrogen-bond donors (Lipinski definition) is 3. The van der Waals surface area contributed by atoms with Crippen LogP contribution in [0.1, 0.15) is 49.5 Å². The number of halogens is 1. The molecule has 1 aromatic heterocycles. The van der Waals surface area contributed by atoms with Crippen molar-refractivity contribution in [3.63, 3.8) is 0 Å². The van der Waals surface area contributed by atoms with Crippen molar-refractivity contribution >= 4 is 23.3 Å². The van der Waals surface area contributed by atoms with Crippen LogP contribution in [0, 0.1) is 5.82 Å². The summed E-state index contributed by atoms with van der Waals surface area (Å²) in [4.78, 5) is 8.64. The van der Waals surface area contributed by atoms with Gasteiger partial charge in [-0.1, -0.05) is 6.92 Å². The second-order valence-corrected chi connectivity index (χ2v) is 8.11. The molecule has 2 aliphatic heterocycles. The standard InChI is InChI=1S/C24H29FN6O/c1-5-19-22-14-9-21(24(27)29-12-14)32-13(2)18-10-16(25)6-7-17(18)23(26)15(11-28-3)8-20(22)31(4)30-19/h6-7,9-13,19,30H,5,8,26H2,1-4H3,(H2,27,29)/t13-,19?/m1/s1. The molecule has 2 aliphatic rings. The molecule has 0 spiro atoms. The van der Waals surface area contributed by atoms with Crippen LogP contribution < -0.4 is 21.6 Å². The highest BCUT2D eigenvalue weighted by Crippen LogP contribution is 2.39. The predicted molar refractivity (Wildman–Crippen MR) is 126 cm³/mol. The molecule has 4 rings (SSSR count). The normalized spacial score (nSPS) is 21.2. The lowest BCUT2D eigenvalue weighted by Gasteiger charge is -2.23. The summed E-state index contributed by atoms with van der Waals surface area (Å²) in [6.07, 6.45) is 4.47. The summed E-state index contributed by atoms with van der Waals surface area (Å²) in [5, 5.41) is 2.02. The molecule has 0 saturated carbocycles. The Kier molecular flexibility index (Phi) is 5.88. The van der Waals surface area contributed by atoms with Crippen molar-refractivity contribution in [3.05, 3.63) is 64.2 Å². The number of hydrogen-bond acceptors (Lipinski definition) is 7. The topological polar surface area (TPSA) is 102 Å². The van der Waals surface area contributed by atoms with Crippen LogP contribution in [0.25, 0.3) is 11.3 Å². The maximum Gasteiger partial charge on any atom is 0.166 e. The molecule has 8 heteroatoms. The largest absolute Gasteiger partial charge is 0.482 e. The Balaban J connectivity index is 2.03. The van der Waals surface area contributed by atoms with Gasteiger partial charge in [0, 0.05) is 66.6 Å². The molecule has 0 saturated heterocycles. The third kappa shape index (κ3) is 3.82. The monoisotopic (exact) mass is 436 g/mol.